The number of nitrogens with zero attached hydrogens (tertiary/aromatic N) is 4. The van der Waals surface area contributed by atoms with Crippen LogP contribution in [0.5, 0.6) is 5.75 Å². The minimum Gasteiger partial charge on any atom is -0.508 e. The van der Waals surface area contributed by atoms with Crippen LogP contribution in [0.15, 0.2) is 79.0 Å². The number of fused-ring (bicyclic) bond motifs is 1. The number of phenolic OH excluding ortho intramolecular Hbond substituents is 1. The van der Waals surface area contributed by atoms with Crippen molar-refractivity contribution in [2.45, 2.75) is 45.1 Å². The third-order valence-corrected chi connectivity index (χ3v) is 7.18. The number of piperazine rings is 1. The normalized spacial score (nSPS) is 19.9. The van der Waals surface area contributed by atoms with Gasteiger partial charge in [0.2, 0.25) is 0 Å². The van der Waals surface area contributed by atoms with Gasteiger partial charge in [0.15, 0.2) is 0 Å². The van der Waals surface area contributed by atoms with E-state index in [9.17, 15) is 15.0 Å². The van der Waals surface area contributed by atoms with Crippen molar-refractivity contribution >= 4 is 16.9 Å². The number of aromatic nitrogens is 2. The highest BCUT2D eigenvalue weighted by Crippen LogP contribution is 2.36. The van der Waals surface area contributed by atoms with Crippen molar-refractivity contribution in [2.24, 2.45) is 0 Å². The second-order valence-corrected chi connectivity index (χ2v) is 9.82. The summed E-state index contributed by atoms with van der Waals surface area (Å²) in [6.45, 7) is 7.11. The van der Waals surface area contributed by atoms with Crippen molar-refractivity contribution in [3.63, 3.8) is 0 Å². The average Bonchev–Trinajstić information content (AvgIpc) is 3.24. The molecule has 0 saturated carbocycles. The monoisotopic (exact) mass is 484 g/mol. The van der Waals surface area contributed by atoms with Gasteiger partial charge in [-0.25, -0.2) is 0 Å². The van der Waals surface area contributed by atoms with Gasteiger partial charge in [-0.15, -0.1) is 0 Å². The van der Waals surface area contributed by atoms with Gasteiger partial charge in [0.05, 0.1) is 17.8 Å². The zero-order chi connectivity index (χ0) is 25.2. The molecule has 1 aliphatic heterocycles. The first-order chi connectivity index (χ1) is 17.4. The topological polar surface area (TPSA) is 81.8 Å². The molecule has 2 heterocycles. The Kier molecular flexibility index (Phi) is 6.76. The summed E-state index contributed by atoms with van der Waals surface area (Å²) in [7, 11) is 0. The molecule has 186 valence electrons. The highest BCUT2D eigenvalue weighted by molar-refractivity contribution is 5.81. The predicted molar refractivity (Wildman–Crippen MR) is 140 cm³/mol. The Labute approximate surface area is 211 Å². The summed E-state index contributed by atoms with van der Waals surface area (Å²) in [4.78, 5) is 16.3. The molecule has 0 amide bonds. The van der Waals surface area contributed by atoms with Crippen molar-refractivity contribution in [1.29, 1.82) is 0 Å². The second kappa shape index (κ2) is 10.1. The fourth-order valence-corrected chi connectivity index (χ4v) is 5.42. The molecule has 0 unspecified atom stereocenters. The molecular formula is C29H32N4O3. The average molecular weight is 485 g/mol. The highest BCUT2D eigenvalue weighted by atomic mass is 16.4. The van der Waals surface area contributed by atoms with Gasteiger partial charge in [-0.2, -0.15) is 5.10 Å². The molecule has 2 N–H and O–H groups in total. The number of carbonyl (C=O) groups is 1. The summed E-state index contributed by atoms with van der Waals surface area (Å²) in [5.41, 5.74) is 4.24. The molecule has 4 aromatic rings. The van der Waals surface area contributed by atoms with Gasteiger partial charge in [0.25, 0.3) is 0 Å². The van der Waals surface area contributed by atoms with Crippen LogP contribution in [0.1, 0.15) is 36.6 Å². The van der Waals surface area contributed by atoms with Crippen LogP contribution >= 0.6 is 0 Å². The molecule has 7 heteroatoms. The van der Waals surface area contributed by atoms with Crippen LogP contribution in [-0.2, 0) is 17.9 Å². The van der Waals surface area contributed by atoms with Crippen LogP contribution in [0.2, 0.25) is 0 Å². The summed E-state index contributed by atoms with van der Waals surface area (Å²) < 4.78 is 1.51. The van der Waals surface area contributed by atoms with Gasteiger partial charge in [-0.3, -0.25) is 19.3 Å². The summed E-state index contributed by atoms with van der Waals surface area (Å²) in [5.74, 6) is -0.672. The zero-order valence-corrected chi connectivity index (χ0v) is 20.7. The molecule has 1 saturated heterocycles. The SMILES string of the molecule is C[C@@H]1CN([C@@H](c2cccc(O)c2)c2ccc3c(cnn3CC(=O)O)c2)[C@@H](C)CN1Cc1ccccc1. The minimum atomic E-state index is -0.919. The predicted octanol–water partition coefficient (Wildman–Crippen LogP) is 4.51. The van der Waals surface area contributed by atoms with Crippen molar-refractivity contribution in [3.8, 4) is 5.75 Å². The van der Waals surface area contributed by atoms with E-state index in [0.29, 0.717) is 6.04 Å². The molecule has 1 aliphatic rings. The minimum absolute atomic E-state index is 0.0550. The van der Waals surface area contributed by atoms with Gasteiger partial charge >= 0.3 is 5.97 Å². The second-order valence-electron chi connectivity index (χ2n) is 9.82. The lowest BCUT2D eigenvalue weighted by Gasteiger charge is -2.47. The van der Waals surface area contributed by atoms with Gasteiger partial charge in [0.1, 0.15) is 12.3 Å². The van der Waals surface area contributed by atoms with E-state index in [1.54, 1.807) is 12.3 Å². The van der Waals surface area contributed by atoms with E-state index in [0.717, 1.165) is 41.7 Å². The van der Waals surface area contributed by atoms with Crippen LogP contribution in [0, 0.1) is 0 Å². The lowest BCUT2D eigenvalue weighted by Crippen LogP contribution is -2.56. The number of benzene rings is 3. The Morgan fingerprint density at radius 2 is 1.75 bits per heavy atom. The van der Waals surface area contributed by atoms with E-state index >= 15 is 0 Å². The molecule has 3 atom stereocenters. The van der Waals surface area contributed by atoms with E-state index in [4.69, 9.17) is 0 Å². The molecular weight excluding hydrogens is 452 g/mol. The van der Waals surface area contributed by atoms with Gasteiger partial charge in [-0.1, -0.05) is 48.5 Å². The lowest BCUT2D eigenvalue weighted by molar-refractivity contribution is -0.137. The first-order valence-corrected chi connectivity index (χ1v) is 12.4. The van der Waals surface area contributed by atoms with Crippen LogP contribution < -0.4 is 0 Å². The zero-order valence-electron chi connectivity index (χ0n) is 20.7. The first-order valence-electron chi connectivity index (χ1n) is 12.4. The lowest BCUT2D eigenvalue weighted by atomic mass is 9.92. The van der Waals surface area contributed by atoms with Crippen LogP contribution in [0.4, 0.5) is 0 Å². The molecule has 0 spiro atoms. The Morgan fingerprint density at radius 3 is 2.50 bits per heavy atom. The molecule has 3 aromatic carbocycles. The number of hydrogen-bond donors (Lipinski definition) is 2. The van der Waals surface area contributed by atoms with E-state index in [2.05, 4.69) is 77.3 Å². The first kappa shape index (κ1) is 24.0. The number of carboxylic acids is 1. The van der Waals surface area contributed by atoms with E-state index in [-0.39, 0.29) is 24.4 Å². The quantitative estimate of drug-likeness (QED) is 0.402. The highest BCUT2D eigenvalue weighted by Gasteiger charge is 2.35. The number of carboxylic acid groups (broad SMARTS) is 1. The van der Waals surface area contributed by atoms with Crippen LogP contribution in [0.3, 0.4) is 0 Å². The van der Waals surface area contributed by atoms with Crippen LogP contribution in [0.25, 0.3) is 10.9 Å². The summed E-state index contributed by atoms with van der Waals surface area (Å²) in [6.07, 6.45) is 1.73. The third-order valence-electron chi connectivity index (χ3n) is 7.18. The number of rotatable bonds is 7. The fourth-order valence-electron chi connectivity index (χ4n) is 5.42. The summed E-state index contributed by atoms with van der Waals surface area (Å²) >= 11 is 0. The van der Waals surface area contributed by atoms with Gasteiger partial charge in [0, 0.05) is 37.1 Å². The van der Waals surface area contributed by atoms with Gasteiger partial charge < -0.3 is 10.2 Å². The Bertz CT molecular complexity index is 1350. The molecule has 0 radical (unpaired) electrons. The smallest absolute Gasteiger partial charge is 0.325 e. The molecule has 1 fully saturated rings. The van der Waals surface area contributed by atoms with Crippen molar-refractivity contribution in [1.82, 2.24) is 19.6 Å². The Balaban J connectivity index is 1.48. The van der Waals surface area contributed by atoms with Gasteiger partial charge in [-0.05, 0) is 54.8 Å². The van der Waals surface area contributed by atoms with Crippen LogP contribution in [-0.4, -0.2) is 60.9 Å². The fraction of sp³-hybridized carbons (Fsp3) is 0.310. The molecule has 0 bridgehead atoms. The van der Waals surface area contributed by atoms with Crippen molar-refractivity contribution in [2.75, 3.05) is 13.1 Å². The number of phenols is 1. The maximum Gasteiger partial charge on any atom is 0.325 e. The molecule has 7 nitrogen and oxygen atoms in total. The molecule has 0 aliphatic carbocycles. The van der Waals surface area contributed by atoms with E-state index in [1.807, 2.05) is 18.2 Å². The van der Waals surface area contributed by atoms with Crippen molar-refractivity contribution in [3.05, 3.63) is 95.7 Å². The maximum absolute atomic E-state index is 11.2. The summed E-state index contributed by atoms with van der Waals surface area (Å²) in [5, 5.41) is 24.7. The van der Waals surface area contributed by atoms with E-state index in [1.165, 1.54) is 10.2 Å². The summed E-state index contributed by atoms with van der Waals surface area (Å²) in [6, 6.07) is 24.8. The molecule has 36 heavy (non-hydrogen) atoms. The standard InChI is InChI=1S/C29H32N4O3/c1-20-17-32(21(2)16-31(20)18-22-7-4-3-5-8-22)29(23-9-6-10-26(34)14-23)24-11-12-27-25(13-24)15-30-33(27)19-28(35)36/h3-15,20-21,29,34H,16-19H2,1-2H3,(H,35,36)/t20-,21+,29+/m1/s1. The number of hydrogen-bond acceptors (Lipinski definition) is 5. The largest absolute Gasteiger partial charge is 0.508 e. The maximum atomic E-state index is 11.2. The van der Waals surface area contributed by atoms with Crippen molar-refractivity contribution < 1.29 is 15.0 Å². The Morgan fingerprint density at radius 1 is 0.972 bits per heavy atom. The number of aliphatic carboxylic acids is 1. The van der Waals surface area contributed by atoms with E-state index < -0.39 is 5.97 Å². The molecule has 1 aromatic heterocycles. The number of aromatic hydroxyl groups is 1. The molecule has 5 rings (SSSR count). The third kappa shape index (κ3) is 4.98. The Hall–Kier alpha value is -3.68.